The van der Waals surface area contributed by atoms with E-state index in [-0.39, 0.29) is 41.7 Å². The van der Waals surface area contributed by atoms with Crippen molar-refractivity contribution in [1.82, 2.24) is 15.5 Å². The van der Waals surface area contributed by atoms with Crippen molar-refractivity contribution >= 4 is 35.8 Å². The van der Waals surface area contributed by atoms with Gasteiger partial charge in [0.1, 0.15) is 13.1 Å². The fourth-order valence-electron chi connectivity index (χ4n) is 2.63. The Morgan fingerprint density at radius 1 is 1.35 bits per heavy atom. The van der Waals surface area contributed by atoms with Crippen molar-refractivity contribution in [2.75, 3.05) is 33.3 Å². The molecule has 1 amide bonds. The molecule has 1 fully saturated rings. The number of guanidine groups is 1. The number of aliphatic imine (C=N–C) groups is 1. The number of carbonyl (C=O) groups is 1. The molecule has 1 aromatic rings. The number of nitrogens with zero attached hydrogens (tertiary/aromatic N) is 2. The standard InChI is InChI=1S/C20H28F4N4O2.HI/c1-4-25-19(26-10-18(29)28(3)12-20(22,23)24)27-13(2)15-7-8-17(16(21)9-15)30-11-14-5-6-14;/h7-9,13-14H,4-6,10-12H2,1-3H3,(H2,25,26,27);1H. The van der Waals surface area contributed by atoms with E-state index in [9.17, 15) is 22.4 Å². The molecular weight excluding hydrogens is 531 g/mol. The van der Waals surface area contributed by atoms with E-state index in [4.69, 9.17) is 4.74 Å². The Morgan fingerprint density at radius 3 is 2.58 bits per heavy atom. The summed E-state index contributed by atoms with van der Waals surface area (Å²) >= 11 is 0. The highest BCUT2D eigenvalue weighted by Gasteiger charge is 2.31. The number of nitrogens with one attached hydrogen (secondary N) is 2. The molecule has 0 heterocycles. The second-order valence-electron chi connectivity index (χ2n) is 7.37. The SMILES string of the molecule is CCNC(=NCC(=O)N(C)CC(F)(F)F)NC(C)c1ccc(OCC2CC2)c(F)c1.I. The van der Waals surface area contributed by atoms with E-state index in [1.54, 1.807) is 19.1 Å². The predicted octanol–water partition coefficient (Wildman–Crippen LogP) is 3.87. The fraction of sp³-hybridized carbons (Fsp3) is 0.600. The van der Waals surface area contributed by atoms with Crippen LogP contribution in [0.4, 0.5) is 17.6 Å². The van der Waals surface area contributed by atoms with Crippen LogP contribution in [0.25, 0.3) is 0 Å². The van der Waals surface area contributed by atoms with Crippen LogP contribution in [0.1, 0.15) is 38.3 Å². The third-order valence-corrected chi connectivity index (χ3v) is 4.54. The zero-order valence-electron chi connectivity index (χ0n) is 17.8. The highest BCUT2D eigenvalue weighted by molar-refractivity contribution is 14.0. The summed E-state index contributed by atoms with van der Waals surface area (Å²) in [5.74, 6) is -0.264. The average Bonchev–Trinajstić information content (AvgIpc) is 3.48. The first-order chi connectivity index (χ1) is 14.1. The van der Waals surface area contributed by atoms with Gasteiger partial charge in [0.25, 0.3) is 0 Å². The molecule has 1 unspecified atom stereocenters. The number of alkyl halides is 3. The fourth-order valence-corrected chi connectivity index (χ4v) is 2.63. The van der Waals surface area contributed by atoms with Gasteiger partial charge in [0.05, 0.1) is 12.6 Å². The molecule has 1 aliphatic carbocycles. The van der Waals surface area contributed by atoms with Gasteiger partial charge in [-0.15, -0.1) is 24.0 Å². The van der Waals surface area contributed by atoms with Crippen LogP contribution in [0.15, 0.2) is 23.2 Å². The topological polar surface area (TPSA) is 66.0 Å². The minimum Gasteiger partial charge on any atom is -0.490 e. The summed E-state index contributed by atoms with van der Waals surface area (Å²) in [6.45, 7) is 2.80. The molecule has 0 bridgehead atoms. The van der Waals surface area contributed by atoms with Crippen LogP contribution < -0.4 is 15.4 Å². The lowest BCUT2D eigenvalue weighted by Gasteiger charge is -2.20. The lowest BCUT2D eigenvalue weighted by Crippen LogP contribution is -2.41. The Kier molecular flexibility index (Phi) is 10.8. The van der Waals surface area contributed by atoms with Crippen LogP contribution in [-0.4, -0.2) is 56.2 Å². The zero-order chi connectivity index (χ0) is 22.3. The molecule has 31 heavy (non-hydrogen) atoms. The second kappa shape index (κ2) is 12.3. The maximum absolute atomic E-state index is 14.3. The quantitative estimate of drug-likeness (QED) is 0.209. The van der Waals surface area contributed by atoms with Gasteiger partial charge in [-0.05, 0) is 50.3 Å². The number of carbonyl (C=O) groups excluding carboxylic acids is 1. The van der Waals surface area contributed by atoms with Gasteiger partial charge in [0.15, 0.2) is 17.5 Å². The monoisotopic (exact) mass is 560 g/mol. The Balaban J connectivity index is 0.00000480. The summed E-state index contributed by atoms with van der Waals surface area (Å²) in [5, 5.41) is 5.94. The number of likely N-dealkylation sites (N-methyl/N-ethyl adjacent to an activating group) is 1. The van der Waals surface area contributed by atoms with E-state index >= 15 is 0 Å². The van der Waals surface area contributed by atoms with Crippen LogP contribution in [0.2, 0.25) is 0 Å². The van der Waals surface area contributed by atoms with Gasteiger partial charge in [-0.1, -0.05) is 6.07 Å². The van der Waals surface area contributed by atoms with Gasteiger partial charge in [-0.25, -0.2) is 9.38 Å². The van der Waals surface area contributed by atoms with Crippen molar-refractivity contribution in [2.24, 2.45) is 10.9 Å². The lowest BCUT2D eigenvalue weighted by molar-refractivity contribution is -0.157. The minimum absolute atomic E-state index is 0. The van der Waals surface area contributed by atoms with Crippen LogP contribution in [-0.2, 0) is 4.79 Å². The first-order valence-corrected chi connectivity index (χ1v) is 9.86. The highest BCUT2D eigenvalue weighted by atomic mass is 127. The van der Waals surface area contributed by atoms with Crippen molar-refractivity contribution in [3.63, 3.8) is 0 Å². The molecule has 0 spiro atoms. The largest absolute Gasteiger partial charge is 0.490 e. The number of rotatable bonds is 9. The summed E-state index contributed by atoms with van der Waals surface area (Å²) in [5.41, 5.74) is 0.636. The molecule has 176 valence electrons. The maximum Gasteiger partial charge on any atom is 0.406 e. The van der Waals surface area contributed by atoms with Gasteiger partial charge in [0, 0.05) is 13.6 Å². The lowest BCUT2D eigenvalue weighted by atomic mass is 10.1. The summed E-state index contributed by atoms with van der Waals surface area (Å²) in [6, 6.07) is 4.31. The first kappa shape index (κ1) is 27.2. The summed E-state index contributed by atoms with van der Waals surface area (Å²) in [7, 11) is 1.07. The molecule has 11 heteroatoms. The molecule has 0 aliphatic heterocycles. The Morgan fingerprint density at radius 2 is 2.03 bits per heavy atom. The van der Waals surface area contributed by atoms with E-state index in [2.05, 4.69) is 15.6 Å². The predicted molar refractivity (Wildman–Crippen MR) is 121 cm³/mol. The third-order valence-electron chi connectivity index (χ3n) is 4.54. The Bertz CT molecular complexity index is 757. The van der Waals surface area contributed by atoms with Crippen LogP contribution in [0.5, 0.6) is 5.75 Å². The smallest absolute Gasteiger partial charge is 0.406 e. The molecule has 2 rings (SSSR count). The van der Waals surface area contributed by atoms with Crippen molar-refractivity contribution in [3.8, 4) is 5.75 Å². The van der Waals surface area contributed by atoms with Gasteiger partial charge >= 0.3 is 6.18 Å². The van der Waals surface area contributed by atoms with Crippen molar-refractivity contribution in [1.29, 1.82) is 0 Å². The first-order valence-electron chi connectivity index (χ1n) is 9.86. The zero-order valence-corrected chi connectivity index (χ0v) is 20.1. The summed E-state index contributed by atoms with van der Waals surface area (Å²) in [6.07, 6.45) is -2.24. The van der Waals surface area contributed by atoms with E-state index in [1.165, 1.54) is 6.07 Å². The number of hydrogen-bond acceptors (Lipinski definition) is 3. The normalized spacial score (nSPS) is 15.0. The van der Waals surface area contributed by atoms with Crippen molar-refractivity contribution < 1.29 is 27.1 Å². The summed E-state index contributed by atoms with van der Waals surface area (Å²) < 4.78 is 57.0. The number of benzene rings is 1. The van der Waals surface area contributed by atoms with E-state index in [1.807, 2.05) is 6.92 Å². The molecule has 1 atom stereocenters. The van der Waals surface area contributed by atoms with E-state index in [0.29, 0.717) is 29.5 Å². The average molecular weight is 560 g/mol. The third kappa shape index (κ3) is 9.92. The van der Waals surface area contributed by atoms with Gasteiger partial charge in [-0.3, -0.25) is 4.79 Å². The maximum atomic E-state index is 14.3. The molecule has 1 saturated carbocycles. The number of halogens is 5. The minimum atomic E-state index is -4.47. The number of ether oxygens (including phenoxy) is 1. The molecule has 2 N–H and O–H groups in total. The number of hydrogen-bond donors (Lipinski definition) is 2. The Labute approximate surface area is 196 Å². The van der Waals surface area contributed by atoms with Gasteiger partial charge in [0.2, 0.25) is 5.91 Å². The van der Waals surface area contributed by atoms with E-state index in [0.717, 1.165) is 19.9 Å². The van der Waals surface area contributed by atoms with Crippen LogP contribution in [0, 0.1) is 11.7 Å². The van der Waals surface area contributed by atoms with Crippen molar-refractivity contribution in [3.05, 3.63) is 29.6 Å². The van der Waals surface area contributed by atoms with Crippen LogP contribution in [0.3, 0.4) is 0 Å². The molecular formula is C20H29F4IN4O2. The Hall–Kier alpha value is -1.79. The number of amides is 1. The van der Waals surface area contributed by atoms with Crippen LogP contribution >= 0.6 is 24.0 Å². The van der Waals surface area contributed by atoms with Gasteiger partial charge in [-0.2, -0.15) is 13.2 Å². The summed E-state index contributed by atoms with van der Waals surface area (Å²) in [4.78, 5) is 16.5. The highest BCUT2D eigenvalue weighted by Crippen LogP contribution is 2.30. The molecule has 6 nitrogen and oxygen atoms in total. The molecule has 0 radical (unpaired) electrons. The van der Waals surface area contributed by atoms with Gasteiger partial charge < -0.3 is 20.3 Å². The van der Waals surface area contributed by atoms with E-state index < -0.39 is 31.0 Å². The molecule has 0 aromatic heterocycles. The molecule has 1 aliphatic rings. The van der Waals surface area contributed by atoms with Crippen molar-refractivity contribution in [2.45, 2.75) is 38.9 Å². The molecule has 1 aromatic carbocycles. The second-order valence-corrected chi connectivity index (χ2v) is 7.37. The molecule has 0 saturated heterocycles.